The van der Waals surface area contributed by atoms with Gasteiger partial charge >= 0.3 is 6.18 Å². The van der Waals surface area contributed by atoms with E-state index in [1.165, 1.54) is 6.92 Å². The number of aromatic hydroxyl groups is 1. The lowest BCUT2D eigenvalue weighted by molar-refractivity contribution is -0.138. The Balaban J connectivity index is 3.53. The number of alkyl halides is 3. The van der Waals surface area contributed by atoms with Gasteiger partial charge in [-0.15, -0.1) is 0 Å². The Hall–Kier alpha value is -1.72. The van der Waals surface area contributed by atoms with Crippen LogP contribution in [0, 0.1) is 0 Å². The normalized spacial score (nSPS) is 11.4. The van der Waals surface area contributed by atoms with Crippen LogP contribution in [0.5, 0.6) is 11.5 Å². The van der Waals surface area contributed by atoms with Gasteiger partial charge in [0.1, 0.15) is 17.1 Å². The highest BCUT2D eigenvalue weighted by Gasteiger charge is 2.36. The maximum absolute atomic E-state index is 12.7. The summed E-state index contributed by atoms with van der Waals surface area (Å²) in [5, 5.41) is 9.41. The molecule has 0 aliphatic heterocycles. The number of carbonyl (C=O) groups is 1. The van der Waals surface area contributed by atoms with E-state index in [9.17, 15) is 23.1 Å². The summed E-state index contributed by atoms with van der Waals surface area (Å²) in [5.41, 5.74) is -1.51. The number of ether oxygens (including phenoxy) is 1. The predicted molar refractivity (Wildman–Crippen MR) is 54.3 cm³/mol. The number of carbonyl (C=O) groups excluding carboxylic acids is 1. The van der Waals surface area contributed by atoms with E-state index in [0.29, 0.717) is 6.07 Å². The van der Waals surface area contributed by atoms with E-state index in [-0.39, 0.29) is 6.61 Å². The minimum absolute atomic E-state index is 0.0349. The molecule has 0 atom stereocenters. The number of Topliss-reactive ketones (excluding diaryl/α,β-unsaturated/α-hetero) is 1. The molecule has 0 bridgehead atoms. The zero-order valence-corrected chi connectivity index (χ0v) is 9.26. The molecule has 6 heteroatoms. The number of phenols is 1. The molecule has 0 radical (unpaired) electrons. The second kappa shape index (κ2) is 4.65. The predicted octanol–water partition coefficient (Wildman–Crippen LogP) is 3.01. The SMILES string of the molecule is CCOc1c(C(F)(F)F)ccc(O)c1C(C)=O. The first-order valence-corrected chi connectivity index (χ1v) is 4.86. The van der Waals surface area contributed by atoms with Crippen molar-refractivity contribution in [2.24, 2.45) is 0 Å². The third-order valence-electron chi connectivity index (χ3n) is 2.08. The van der Waals surface area contributed by atoms with Gasteiger partial charge in [0.15, 0.2) is 5.78 Å². The lowest BCUT2D eigenvalue weighted by Gasteiger charge is -2.16. The van der Waals surface area contributed by atoms with Crippen molar-refractivity contribution in [1.29, 1.82) is 0 Å². The van der Waals surface area contributed by atoms with Crippen molar-refractivity contribution < 1.29 is 27.8 Å². The molecule has 0 unspecified atom stereocenters. The Morgan fingerprint density at radius 2 is 2.00 bits per heavy atom. The molecule has 0 spiro atoms. The van der Waals surface area contributed by atoms with Gasteiger partial charge in [0.05, 0.1) is 12.2 Å². The molecule has 17 heavy (non-hydrogen) atoms. The van der Waals surface area contributed by atoms with Crippen molar-refractivity contribution in [3.05, 3.63) is 23.3 Å². The van der Waals surface area contributed by atoms with E-state index in [1.54, 1.807) is 0 Å². The molecule has 0 heterocycles. The van der Waals surface area contributed by atoms with Gasteiger partial charge in [-0.05, 0) is 26.0 Å². The van der Waals surface area contributed by atoms with Crippen LogP contribution < -0.4 is 4.74 Å². The van der Waals surface area contributed by atoms with E-state index < -0.39 is 34.6 Å². The van der Waals surface area contributed by atoms with Gasteiger partial charge in [-0.3, -0.25) is 4.79 Å². The second-order valence-electron chi connectivity index (χ2n) is 3.32. The third-order valence-corrected chi connectivity index (χ3v) is 2.08. The molecule has 0 aliphatic carbocycles. The second-order valence-corrected chi connectivity index (χ2v) is 3.32. The summed E-state index contributed by atoms with van der Waals surface area (Å²) in [6, 6.07) is 1.52. The maximum Gasteiger partial charge on any atom is 0.419 e. The largest absolute Gasteiger partial charge is 0.507 e. The minimum atomic E-state index is -4.64. The highest BCUT2D eigenvalue weighted by molar-refractivity contribution is 6.00. The summed E-state index contributed by atoms with van der Waals surface area (Å²) in [6.45, 7) is 2.53. The number of hydrogen-bond acceptors (Lipinski definition) is 3. The average molecular weight is 248 g/mol. The molecular weight excluding hydrogens is 237 g/mol. The molecule has 1 aromatic carbocycles. The van der Waals surface area contributed by atoms with Crippen LogP contribution in [0.1, 0.15) is 29.8 Å². The quantitative estimate of drug-likeness (QED) is 0.836. The van der Waals surface area contributed by atoms with Gasteiger partial charge in [-0.25, -0.2) is 0 Å². The van der Waals surface area contributed by atoms with Crippen LogP contribution in [-0.2, 0) is 6.18 Å². The van der Waals surface area contributed by atoms with Crippen LogP contribution in [0.15, 0.2) is 12.1 Å². The Morgan fingerprint density at radius 1 is 1.41 bits per heavy atom. The Labute approximate surface area is 95.8 Å². The van der Waals surface area contributed by atoms with Crippen LogP contribution in [0.3, 0.4) is 0 Å². The first kappa shape index (κ1) is 13.3. The van der Waals surface area contributed by atoms with Crippen LogP contribution in [-0.4, -0.2) is 17.5 Å². The number of phenolic OH excluding ortho intramolecular Hbond substituents is 1. The van der Waals surface area contributed by atoms with E-state index in [1.807, 2.05) is 0 Å². The molecule has 1 N–H and O–H groups in total. The first-order chi connectivity index (χ1) is 7.79. The fourth-order valence-corrected chi connectivity index (χ4v) is 1.43. The minimum Gasteiger partial charge on any atom is -0.507 e. The summed E-state index contributed by atoms with van der Waals surface area (Å²) in [7, 11) is 0. The van der Waals surface area contributed by atoms with Gasteiger partial charge in [-0.1, -0.05) is 0 Å². The summed E-state index contributed by atoms with van der Waals surface area (Å²) in [6.07, 6.45) is -4.64. The molecule has 0 fully saturated rings. The van der Waals surface area contributed by atoms with Gasteiger partial charge in [0, 0.05) is 0 Å². The Kier molecular flexibility index (Phi) is 3.65. The number of ketones is 1. The highest BCUT2D eigenvalue weighted by Crippen LogP contribution is 2.41. The number of benzene rings is 1. The lowest BCUT2D eigenvalue weighted by Crippen LogP contribution is -2.12. The van der Waals surface area contributed by atoms with Crippen molar-refractivity contribution in [3.8, 4) is 11.5 Å². The average Bonchev–Trinajstić information content (AvgIpc) is 2.15. The maximum atomic E-state index is 12.7. The van der Waals surface area contributed by atoms with Crippen molar-refractivity contribution >= 4 is 5.78 Å². The number of rotatable bonds is 3. The van der Waals surface area contributed by atoms with E-state index in [2.05, 4.69) is 0 Å². The number of hydrogen-bond donors (Lipinski definition) is 1. The summed E-state index contributed by atoms with van der Waals surface area (Å²) < 4.78 is 42.9. The van der Waals surface area contributed by atoms with E-state index >= 15 is 0 Å². The van der Waals surface area contributed by atoms with Crippen LogP contribution in [0.4, 0.5) is 13.2 Å². The molecule has 0 aromatic heterocycles. The fourth-order valence-electron chi connectivity index (χ4n) is 1.43. The topological polar surface area (TPSA) is 46.5 Å². The van der Waals surface area contributed by atoms with Crippen molar-refractivity contribution in [2.75, 3.05) is 6.61 Å². The van der Waals surface area contributed by atoms with Gasteiger partial charge in [0.2, 0.25) is 0 Å². The zero-order chi connectivity index (χ0) is 13.2. The summed E-state index contributed by atoms with van der Waals surface area (Å²) >= 11 is 0. The van der Waals surface area contributed by atoms with Crippen molar-refractivity contribution in [3.63, 3.8) is 0 Å². The van der Waals surface area contributed by atoms with Gasteiger partial charge in [0.25, 0.3) is 0 Å². The first-order valence-electron chi connectivity index (χ1n) is 4.86. The lowest BCUT2D eigenvalue weighted by atomic mass is 10.0. The molecule has 1 aromatic rings. The molecule has 1 rings (SSSR count). The third kappa shape index (κ3) is 2.69. The van der Waals surface area contributed by atoms with Gasteiger partial charge in [-0.2, -0.15) is 13.2 Å². The van der Waals surface area contributed by atoms with Gasteiger partial charge < -0.3 is 9.84 Å². The van der Waals surface area contributed by atoms with Crippen LogP contribution >= 0.6 is 0 Å². The molecular formula is C11H11F3O3. The smallest absolute Gasteiger partial charge is 0.419 e. The van der Waals surface area contributed by atoms with Crippen LogP contribution in [0.25, 0.3) is 0 Å². The standard InChI is InChI=1S/C11H11F3O3/c1-3-17-10-7(11(12,13)14)4-5-8(16)9(10)6(2)15/h4-5,16H,3H2,1-2H3. The fraction of sp³-hybridized carbons (Fsp3) is 0.364. The van der Waals surface area contributed by atoms with E-state index in [0.717, 1.165) is 13.0 Å². The van der Waals surface area contributed by atoms with Crippen molar-refractivity contribution in [1.82, 2.24) is 0 Å². The molecule has 0 amide bonds. The molecule has 0 aliphatic rings. The monoisotopic (exact) mass is 248 g/mol. The Morgan fingerprint density at radius 3 is 2.41 bits per heavy atom. The van der Waals surface area contributed by atoms with Crippen molar-refractivity contribution in [2.45, 2.75) is 20.0 Å². The summed E-state index contributed by atoms with van der Waals surface area (Å²) in [5.74, 6) is -1.82. The molecule has 0 saturated heterocycles. The molecule has 3 nitrogen and oxygen atoms in total. The molecule has 94 valence electrons. The zero-order valence-electron chi connectivity index (χ0n) is 9.26. The summed E-state index contributed by atoms with van der Waals surface area (Å²) in [4.78, 5) is 11.2. The highest BCUT2D eigenvalue weighted by atomic mass is 19.4. The Bertz CT molecular complexity index is 438. The molecule has 0 saturated carbocycles. The van der Waals surface area contributed by atoms with Crippen LogP contribution in [0.2, 0.25) is 0 Å². The van der Waals surface area contributed by atoms with E-state index in [4.69, 9.17) is 4.74 Å². The number of halogens is 3.